The van der Waals surface area contributed by atoms with Gasteiger partial charge in [0.15, 0.2) is 0 Å². The van der Waals surface area contributed by atoms with Crippen molar-refractivity contribution in [3.05, 3.63) is 81.8 Å². The Morgan fingerprint density at radius 2 is 1.79 bits per heavy atom. The molecule has 0 unspecified atom stereocenters. The Balaban J connectivity index is 1.67. The van der Waals surface area contributed by atoms with E-state index < -0.39 is 17.1 Å². The largest absolute Gasteiger partial charge is 0.325 e. The molecule has 1 N–H and O–H groups in total. The van der Waals surface area contributed by atoms with Crippen molar-refractivity contribution in [2.24, 2.45) is 0 Å². The summed E-state index contributed by atoms with van der Waals surface area (Å²) in [5.41, 5.74) is 4.67. The number of hydrogen-bond donors (Lipinski definition) is 1. The summed E-state index contributed by atoms with van der Waals surface area (Å²) in [4.78, 5) is 38.5. The Bertz CT molecular complexity index is 1030. The molecule has 29 heavy (non-hydrogen) atoms. The first-order valence-electron chi connectivity index (χ1n) is 9.19. The minimum absolute atomic E-state index is 0.309. The monoisotopic (exact) mass is 406 g/mol. The van der Waals surface area contributed by atoms with Gasteiger partial charge in [-0.1, -0.05) is 42.5 Å². The molecular formula is C23H22N2O3S. The zero-order chi connectivity index (χ0) is 21.0. The molecule has 2 aromatic rings. The minimum Gasteiger partial charge on any atom is -0.325 e. The number of benzene rings is 2. The number of thioether (sulfide) groups is 1. The van der Waals surface area contributed by atoms with Crippen LogP contribution in [0.15, 0.2) is 65.1 Å². The van der Waals surface area contributed by atoms with Gasteiger partial charge in [0.1, 0.15) is 6.54 Å². The second-order valence-electron chi connectivity index (χ2n) is 6.91. The lowest BCUT2D eigenvalue weighted by Gasteiger charge is -2.13. The van der Waals surface area contributed by atoms with Gasteiger partial charge in [0.05, 0.1) is 4.91 Å². The molecule has 2 aromatic carbocycles. The number of imide groups is 1. The summed E-state index contributed by atoms with van der Waals surface area (Å²) in [5.74, 6) is -0.857. The highest BCUT2D eigenvalue weighted by atomic mass is 32.2. The SMILES string of the molecule is CC(=C\c1ccccc1)/C=C1/SC(=O)N(CC(=O)Nc2ccc(C)c(C)c2)C1=O. The number of carbonyl (C=O) groups excluding carboxylic acids is 3. The first-order chi connectivity index (χ1) is 13.8. The summed E-state index contributed by atoms with van der Waals surface area (Å²) in [6.07, 6.45) is 3.61. The molecule has 1 aliphatic rings. The van der Waals surface area contributed by atoms with Crippen molar-refractivity contribution in [2.75, 3.05) is 11.9 Å². The second-order valence-corrected chi connectivity index (χ2v) is 7.91. The molecule has 0 atom stereocenters. The Kier molecular flexibility index (Phi) is 6.34. The number of nitrogens with zero attached hydrogens (tertiary/aromatic N) is 1. The number of rotatable bonds is 5. The van der Waals surface area contributed by atoms with E-state index in [4.69, 9.17) is 0 Å². The molecule has 3 rings (SSSR count). The van der Waals surface area contributed by atoms with Crippen molar-refractivity contribution >= 4 is 40.6 Å². The van der Waals surface area contributed by atoms with E-state index >= 15 is 0 Å². The topological polar surface area (TPSA) is 66.5 Å². The maximum Gasteiger partial charge on any atom is 0.294 e. The standard InChI is InChI=1S/C23H22N2O3S/c1-15(11-18-7-5-4-6-8-18)12-20-22(27)25(23(28)29-20)14-21(26)24-19-10-9-16(2)17(3)13-19/h4-13H,14H2,1-3H3,(H,24,26)/b15-11+,20-12+. The molecule has 3 amide bonds. The van der Waals surface area contributed by atoms with Crippen molar-refractivity contribution in [3.63, 3.8) is 0 Å². The third kappa shape index (κ3) is 5.23. The molecule has 6 heteroatoms. The molecular weight excluding hydrogens is 384 g/mol. The van der Waals surface area contributed by atoms with E-state index in [2.05, 4.69) is 5.32 Å². The zero-order valence-electron chi connectivity index (χ0n) is 16.6. The number of hydrogen-bond acceptors (Lipinski definition) is 4. The summed E-state index contributed by atoms with van der Waals surface area (Å²) in [5, 5.41) is 2.30. The third-order valence-corrected chi connectivity index (χ3v) is 5.43. The van der Waals surface area contributed by atoms with Gasteiger partial charge in [0.2, 0.25) is 5.91 Å². The molecule has 0 aromatic heterocycles. The van der Waals surface area contributed by atoms with Gasteiger partial charge in [-0.15, -0.1) is 0 Å². The van der Waals surface area contributed by atoms with E-state index in [-0.39, 0.29) is 6.54 Å². The van der Waals surface area contributed by atoms with Crippen LogP contribution in [0.4, 0.5) is 10.5 Å². The maximum absolute atomic E-state index is 12.6. The quantitative estimate of drug-likeness (QED) is 0.716. The van der Waals surface area contributed by atoms with Crippen LogP contribution in [-0.4, -0.2) is 28.5 Å². The third-order valence-electron chi connectivity index (χ3n) is 4.52. The molecule has 0 aliphatic carbocycles. The van der Waals surface area contributed by atoms with E-state index in [0.717, 1.165) is 38.9 Å². The Morgan fingerprint density at radius 3 is 2.48 bits per heavy atom. The number of amides is 3. The van der Waals surface area contributed by atoms with Gasteiger partial charge in [-0.2, -0.15) is 0 Å². The van der Waals surface area contributed by atoms with Crippen molar-refractivity contribution in [1.29, 1.82) is 0 Å². The highest BCUT2D eigenvalue weighted by molar-refractivity contribution is 8.18. The smallest absolute Gasteiger partial charge is 0.294 e. The highest BCUT2D eigenvalue weighted by Gasteiger charge is 2.36. The van der Waals surface area contributed by atoms with Crippen LogP contribution >= 0.6 is 11.8 Å². The summed E-state index contributed by atoms with van der Waals surface area (Å²) < 4.78 is 0. The molecule has 0 spiro atoms. The molecule has 1 saturated heterocycles. The van der Waals surface area contributed by atoms with Gasteiger partial charge >= 0.3 is 0 Å². The number of nitrogens with one attached hydrogen (secondary N) is 1. The first kappa shape index (κ1) is 20.6. The fourth-order valence-electron chi connectivity index (χ4n) is 2.86. The predicted molar refractivity (Wildman–Crippen MR) is 117 cm³/mol. The summed E-state index contributed by atoms with van der Waals surface area (Å²) in [6, 6.07) is 15.3. The van der Waals surface area contributed by atoms with E-state index in [1.807, 2.05) is 69.3 Å². The van der Waals surface area contributed by atoms with Crippen molar-refractivity contribution in [3.8, 4) is 0 Å². The maximum atomic E-state index is 12.6. The van der Waals surface area contributed by atoms with Gasteiger partial charge < -0.3 is 5.32 Å². The van der Waals surface area contributed by atoms with Crippen molar-refractivity contribution in [2.45, 2.75) is 20.8 Å². The second kappa shape index (κ2) is 8.92. The number of anilines is 1. The summed E-state index contributed by atoms with van der Waals surface area (Å²) in [7, 11) is 0. The normalized spacial score (nSPS) is 15.9. The summed E-state index contributed by atoms with van der Waals surface area (Å²) in [6.45, 7) is 5.50. The van der Waals surface area contributed by atoms with Gasteiger partial charge in [-0.3, -0.25) is 19.3 Å². The predicted octanol–water partition coefficient (Wildman–Crippen LogP) is 4.92. The lowest BCUT2D eigenvalue weighted by atomic mass is 10.1. The van der Waals surface area contributed by atoms with Gasteiger partial charge in [0.25, 0.3) is 11.1 Å². The van der Waals surface area contributed by atoms with Crippen LogP contribution in [0.2, 0.25) is 0 Å². The average Bonchev–Trinajstić information content (AvgIpc) is 2.93. The number of carbonyl (C=O) groups is 3. The first-order valence-corrected chi connectivity index (χ1v) is 10.0. The molecule has 1 aliphatic heterocycles. The Hall–Kier alpha value is -3.12. The van der Waals surface area contributed by atoms with Crippen LogP contribution in [0.3, 0.4) is 0 Å². The molecule has 1 fully saturated rings. The van der Waals surface area contributed by atoms with Crippen LogP contribution in [0, 0.1) is 13.8 Å². The Labute approximate surface area is 174 Å². The lowest BCUT2D eigenvalue weighted by Crippen LogP contribution is -2.36. The Morgan fingerprint density at radius 1 is 1.07 bits per heavy atom. The van der Waals surface area contributed by atoms with Crippen LogP contribution in [0.1, 0.15) is 23.6 Å². The van der Waals surface area contributed by atoms with Crippen molar-refractivity contribution in [1.82, 2.24) is 4.90 Å². The van der Waals surface area contributed by atoms with Gasteiger partial charge in [-0.25, -0.2) is 0 Å². The van der Waals surface area contributed by atoms with E-state index in [0.29, 0.717) is 10.6 Å². The van der Waals surface area contributed by atoms with Crippen molar-refractivity contribution < 1.29 is 14.4 Å². The number of allylic oxidation sites excluding steroid dienone is 2. The van der Waals surface area contributed by atoms with E-state index in [1.165, 1.54) is 0 Å². The van der Waals surface area contributed by atoms with Crippen LogP contribution < -0.4 is 5.32 Å². The van der Waals surface area contributed by atoms with Crippen LogP contribution in [0.25, 0.3) is 6.08 Å². The molecule has 1 heterocycles. The average molecular weight is 407 g/mol. The van der Waals surface area contributed by atoms with E-state index in [9.17, 15) is 14.4 Å². The molecule has 5 nitrogen and oxygen atoms in total. The number of aryl methyl sites for hydroxylation is 2. The fraction of sp³-hybridized carbons (Fsp3) is 0.174. The lowest BCUT2D eigenvalue weighted by molar-refractivity contribution is -0.127. The molecule has 0 saturated carbocycles. The van der Waals surface area contributed by atoms with Crippen LogP contribution in [-0.2, 0) is 9.59 Å². The summed E-state index contributed by atoms with van der Waals surface area (Å²) >= 11 is 0.851. The minimum atomic E-state index is -0.448. The van der Waals surface area contributed by atoms with Gasteiger partial charge in [0, 0.05) is 5.69 Å². The molecule has 0 radical (unpaired) electrons. The van der Waals surface area contributed by atoms with Crippen LogP contribution in [0.5, 0.6) is 0 Å². The highest BCUT2D eigenvalue weighted by Crippen LogP contribution is 2.31. The van der Waals surface area contributed by atoms with Gasteiger partial charge in [-0.05, 0) is 73.0 Å². The molecule has 0 bridgehead atoms. The molecule has 148 valence electrons. The van der Waals surface area contributed by atoms with E-state index in [1.54, 1.807) is 12.1 Å². The zero-order valence-corrected chi connectivity index (χ0v) is 17.4. The fourth-order valence-corrected chi connectivity index (χ4v) is 3.75.